The zero-order valence-corrected chi connectivity index (χ0v) is 15.4. The van der Waals surface area contributed by atoms with Crippen LogP contribution in [0.4, 0.5) is 5.69 Å². The van der Waals surface area contributed by atoms with Gasteiger partial charge in [-0.05, 0) is 25.5 Å². The number of carbonyl (C=O) groups is 1. The smallest absolute Gasteiger partial charge is 0.245 e. The zero-order chi connectivity index (χ0) is 18.1. The highest BCUT2D eigenvalue weighted by molar-refractivity contribution is 6.00. The van der Waals surface area contributed by atoms with Crippen LogP contribution in [0.2, 0.25) is 0 Å². The number of nitrogens with two attached hydrogens (primary N) is 1. The first kappa shape index (κ1) is 18.5. The second-order valence-corrected chi connectivity index (χ2v) is 6.82. The predicted molar refractivity (Wildman–Crippen MR) is 93.6 cm³/mol. The van der Waals surface area contributed by atoms with Crippen molar-refractivity contribution < 1.29 is 19.0 Å². The van der Waals surface area contributed by atoms with E-state index in [-0.39, 0.29) is 12.0 Å². The third kappa shape index (κ3) is 2.84. The molecule has 6 heteroatoms. The summed E-state index contributed by atoms with van der Waals surface area (Å²) in [6.07, 6.45) is 0.496. The van der Waals surface area contributed by atoms with E-state index >= 15 is 0 Å². The number of hydrogen-bond acceptors (Lipinski definition) is 5. The molecule has 1 saturated carbocycles. The Morgan fingerprint density at radius 3 is 2.38 bits per heavy atom. The zero-order valence-electron chi connectivity index (χ0n) is 15.4. The predicted octanol–water partition coefficient (Wildman–Crippen LogP) is 2.48. The monoisotopic (exact) mass is 336 g/mol. The number of nitrogens with one attached hydrogen (secondary N) is 1. The van der Waals surface area contributed by atoms with Gasteiger partial charge in [0.25, 0.3) is 0 Å². The lowest BCUT2D eigenvalue weighted by molar-refractivity contribution is -0.166. The van der Waals surface area contributed by atoms with Crippen molar-refractivity contribution in [1.29, 1.82) is 0 Å². The molecule has 0 spiro atoms. The maximum atomic E-state index is 12.8. The summed E-state index contributed by atoms with van der Waals surface area (Å²) in [6, 6.07) is 3.58. The number of rotatable bonds is 6. The van der Waals surface area contributed by atoms with Crippen LogP contribution in [0.5, 0.6) is 11.5 Å². The van der Waals surface area contributed by atoms with E-state index in [9.17, 15) is 4.79 Å². The molecule has 1 aliphatic rings. The summed E-state index contributed by atoms with van der Waals surface area (Å²) >= 11 is 0. The Bertz CT molecular complexity index is 630. The number of amides is 1. The minimum atomic E-state index is -0.966. The van der Waals surface area contributed by atoms with Crippen LogP contribution in [0.15, 0.2) is 12.1 Å². The third-order valence-electron chi connectivity index (χ3n) is 5.21. The molecule has 2 unspecified atom stereocenters. The first-order valence-electron chi connectivity index (χ1n) is 8.15. The molecule has 0 aliphatic heterocycles. The van der Waals surface area contributed by atoms with Crippen LogP contribution in [-0.2, 0) is 9.53 Å². The summed E-state index contributed by atoms with van der Waals surface area (Å²) < 4.78 is 16.3. The van der Waals surface area contributed by atoms with Crippen LogP contribution in [0.3, 0.4) is 0 Å². The minimum absolute atomic E-state index is 0.00949. The molecule has 0 aromatic heterocycles. The van der Waals surface area contributed by atoms with Gasteiger partial charge in [-0.15, -0.1) is 0 Å². The van der Waals surface area contributed by atoms with Gasteiger partial charge in [0.05, 0.1) is 20.3 Å². The van der Waals surface area contributed by atoms with Gasteiger partial charge in [0, 0.05) is 30.2 Å². The van der Waals surface area contributed by atoms with Gasteiger partial charge in [0.15, 0.2) is 11.5 Å². The lowest BCUT2D eigenvalue weighted by Gasteiger charge is -2.57. The van der Waals surface area contributed by atoms with E-state index in [1.807, 2.05) is 33.8 Å². The average molecular weight is 336 g/mol. The normalized spacial score (nSPS) is 24.9. The molecule has 1 fully saturated rings. The largest absolute Gasteiger partial charge is 0.493 e. The molecule has 134 valence electrons. The fourth-order valence-corrected chi connectivity index (χ4v) is 3.17. The molecule has 0 saturated heterocycles. The van der Waals surface area contributed by atoms with Gasteiger partial charge in [-0.1, -0.05) is 13.8 Å². The van der Waals surface area contributed by atoms with Crippen LogP contribution in [0.1, 0.15) is 32.8 Å². The number of benzene rings is 1. The summed E-state index contributed by atoms with van der Waals surface area (Å²) in [7, 11) is 3.14. The molecule has 1 aromatic carbocycles. The molecular weight excluding hydrogens is 308 g/mol. The van der Waals surface area contributed by atoms with Crippen LogP contribution >= 0.6 is 0 Å². The first-order chi connectivity index (χ1) is 11.2. The molecule has 0 radical (unpaired) electrons. The van der Waals surface area contributed by atoms with Gasteiger partial charge < -0.3 is 25.3 Å². The van der Waals surface area contributed by atoms with Crippen molar-refractivity contribution in [2.75, 3.05) is 26.1 Å². The molecule has 2 rings (SSSR count). The van der Waals surface area contributed by atoms with Gasteiger partial charge in [-0.3, -0.25) is 4.79 Å². The first-order valence-corrected chi connectivity index (χ1v) is 8.15. The van der Waals surface area contributed by atoms with Crippen molar-refractivity contribution in [3.63, 3.8) is 0 Å². The molecular formula is C18H28N2O4. The number of methoxy groups -OCH3 is 2. The van der Waals surface area contributed by atoms with E-state index in [0.717, 1.165) is 5.56 Å². The van der Waals surface area contributed by atoms with E-state index in [0.29, 0.717) is 30.2 Å². The van der Waals surface area contributed by atoms with E-state index in [1.54, 1.807) is 20.3 Å². The Kier molecular flexibility index (Phi) is 5.11. The highest BCUT2D eigenvalue weighted by atomic mass is 16.5. The Morgan fingerprint density at radius 2 is 1.88 bits per heavy atom. The lowest BCUT2D eigenvalue weighted by Crippen LogP contribution is -2.74. The van der Waals surface area contributed by atoms with Crippen molar-refractivity contribution in [3.05, 3.63) is 17.7 Å². The molecule has 3 N–H and O–H groups in total. The molecule has 6 nitrogen and oxygen atoms in total. The fourth-order valence-electron chi connectivity index (χ4n) is 3.17. The van der Waals surface area contributed by atoms with E-state index in [1.165, 1.54) is 0 Å². The van der Waals surface area contributed by atoms with Gasteiger partial charge in [-0.2, -0.15) is 0 Å². The van der Waals surface area contributed by atoms with E-state index < -0.39 is 11.0 Å². The highest BCUT2D eigenvalue weighted by Crippen LogP contribution is 2.50. The summed E-state index contributed by atoms with van der Waals surface area (Å²) in [5.41, 5.74) is 6.57. The standard InChI is InChI=1S/C18H28N2O4/c1-7-24-15-10-18(19,17(15,3)4)16(21)20-12-9-14(23-6)13(22-5)8-11(12)2/h8-9,15H,7,10,19H2,1-6H3,(H,20,21). The number of aryl methyl sites for hydroxylation is 1. The van der Waals surface area contributed by atoms with Crippen LogP contribution in [-0.4, -0.2) is 38.4 Å². The highest BCUT2D eigenvalue weighted by Gasteiger charge is 2.62. The molecule has 1 aliphatic carbocycles. The molecule has 1 amide bonds. The Hall–Kier alpha value is -1.79. The number of carbonyl (C=O) groups excluding carboxylic acids is 1. The average Bonchev–Trinajstić information content (AvgIpc) is 2.55. The second kappa shape index (κ2) is 6.61. The van der Waals surface area contributed by atoms with E-state index in [4.69, 9.17) is 19.9 Å². The molecule has 0 heterocycles. The molecule has 24 heavy (non-hydrogen) atoms. The van der Waals surface area contributed by atoms with Gasteiger partial charge in [-0.25, -0.2) is 0 Å². The van der Waals surface area contributed by atoms with E-state index in [2.05, 4.69) is 5.32 Å². The summed E-state index contributed by atoms with van der Waals surface area (Å²) in [5, 5.41) is 2.94. The maximum Gasteiger partial charge on any atom is 0.245 e. The number of hydrogen-bond donors (Lipinski definition) is 2. The van der Waals surface area contributed by atoms with Crippen LogP contribution in [0, 0.1) is 12.3 Å². The van der Waals surface area contributed by atoms with Crippen molar-refractivity contribution in [2.45, 2.75) is 45.8 Å². The molecule has 0 bridgehead atoms. The van der Waals surface area contributed by atoms with Crippen molar-refractivity contribution in [3.8, 4) is 11.5 Å². The number of ether oxygens (including phenoxy) is 3. The van der Waals surface area contributed by atoms with Gasteiger partial charge >= 0.3 is 0 Å². The van der Waals surface area contributed by atoms with Crippen molar-refractivity contribution in [1.82, 2.24) is 0 Å². The van der Waals surface area contributed by atoms with Crippen LogP contribution in [0.25, 0.3) is 0 Å². The summed E-state index contributed by atoms with van der Waals surface area (Å²) in [4.78, 5) is 12.8. The van der Waals surface area contributed by atoms with Gasteiger partial charge in [0.1, 0.15) is 5.54 Å². The maximum absolute atomic E-state index is 12.8. The van der Waals surface area contributed by atoms with Crippen molar-refractivity contribution in [2.24, 2.45) is 11.1 Å². The van der Waals surface area contributed by atoms with Crippen molar-refractivity contribution >= 4 is 11.6 Å². The number of anilines is 1. The Balaban J connectivity index is 2.22. The SMILES string of the molecule is CCOC1CC(N)(C(=O)Nc2cc(OC)c(OC)cc2C)C1(C)C. The van der Waals surface area contributed by atoms with Gasteiger partial charge in [0.2, 0.25) is 5.91 Å². The molecule has 2 atom stereocenters. The van der Waals surface area contributed by atoms with Crippen LogP contribution < -0.4 is 20.5 Å². The summed E-state index contributed by atoms with van der Waals surface area (Å²) in [5.74, 6) is 0.971. The lowest BCUT2D eigenvalue weighted by atomic mass is 9.54. The fraction of sp³-hybridized carbons (Fsp3) is 0.611. The summed E-state index contributed by atoms with van der Waals surface area (Å²) in [6.45, 7) is 8.39. The molecule has 1 aromatic rings. The minimum Gasteiger partial charge on any atom is -0.493 e. The third-order valence-corrected chi connectivity index (χ3v) is 5.21. The Morgan fingerprint density at radius 1 is 1.29 bits per heavy atom. The quantitative estimate of drug-likeness (QED) is 0.834. The Labute approximate surface area is 143 Å². The topological polar surface area (TPSA) is 82.8 Å². The second-order valence-electron chi connectivity index (χ2n) is 6.82.